The van der Waals surface area contributed by atoms with Crippen LogP contribution in [0, 0.1) is 13.8 Å². The van der Waals surface area contributed by atoms with E-state index < -0.39 is 16.0 Å². The largest absolute Gasteiger partial charge is 0.462 e. The molecule has 1 rings (SSSR count). The highest BCUT2D eigenvalue weighted by atomic mass is 32.2. The van der Waals surface area contributed by atoms with Crippen LogP contribution in [0.3, 0.4) is 0 Å². The summed E-state index contributed by atoms with van der Waals surface area (Å²) in [6.07, 6.45) is 0.663. The van der Waals surface area contributed by atoms with Crippen molar-refractivity contribution in [3.63, 3.8) is 0 Å². The number of hydrogen-bond donors (Lipinski definition) is 2. The highest BCUT2D eigenvalue weighted by Crippen LogP contribution is 2.24. The Hall–Kier alpha value is -1.34. The number of sulfonamides is 1. The number of hydrogen-bond acceptors (Lipinski definition) is 4. The molecule has 20 heavy (non-hydrogen) atoms. The molecule has 7 heteroatoms. The maximum atomic E-state index is 12.4. The van der Waals surface area contributed by atoms with Gasteiger partial charge in [0.15, 0.2) is 0 Å². The molecule has 0 unspecified atom stereocenters. The number of aryl methyl sites for hydroxylation is 2. The normalized spacial score (nSPS) is 13.2. The van der Waals surface area contributed by atoms with E-state index in [1.807, 2.05) is 6.92 Å². The zero-order valence-electron chi connectivity index (χ0n) is 12.5. The van der Waals surface area contributed by atoms with Gasteiger partial charge in [0.2, 0.25) is 10.0 Å². The van der Waals surface area contributed by atoms with Crippen LogP contribution >= 0.6 is 0 Å². The predicted octanol–water partition coefficient (Wildman–Crippen LogP) is 1.89. The second-order valence-electron chi connectivity index (χ2n) is 4.73. The third kappa shape index (κ3) is 3.40. The van der Waals surface area contributed by atoms with Crippen molar-refractivity contribution in [2.24, 2.45) is 0 Å². The summed E-state index contributed by atoms with van der Waals surface area (Å²) in [5.41, 5.74) is 1.01. The van der Waals surface area contributed by atoms with E-state index in [0.717, 1.165) is 0 Å². The van der Waals surface area contributed by atoms with Gasteiger partial charge >= 0.3 is 5.97 Å². The Labute approximate surface area is 120 Å². The van der Waals surface area contributed by atoms with Crippen molar-refractivity contribution >= 4 is 16.0 Å². The van der Waals surface area contributed by atoms with Crippen LogP contribution in [0.1, 0.15) is 48.9 Å². The summed E-state index contributed by atoms with van der Waals surface area (Å²) in [7, 11) is -3.76. The number of aromatic nitrogens is 1. The molecule has 0 saturated heterocycles. The molecular formula is C13H22N2O4S. The zero-order chi connectivity index (χ0) is 15.5. The van der Waals surface area contributed by atoms with Crippen LogP contribution in [0.15, 0.2) is 4.90 Å². The Kier molecular flexibility index (Phi) is 5.35. The second-order valence-corrected chi connectivity index (χ2v) is 6.38. The Balaban J connectivity index is 3.34. The fourth-order valence-corrected chi connectivity index (χ4v) is 3.72. The molecule has 1 aromatic heterocycles. The SMILES string of the molecule is CCOC(=O)c1c(C)[nH]c(C)c1S(=O)(=O)N[C@@H](C)CC. The van der Waals surface area contributed by atoms with E-state index in [2.05, 4.69) is 9.71 Å². The molecule has 0 aliphatic carbocycles. The van der Waals surface area contributed by atoms with Gasteiger partial charge in [0, 0.05) is 17.4 Å². The molecule has 0 fully saturated rings. The summed E-state index contributed by atoms with van der Waals surface area (Å²) in [6.45, 7) is 8.81. The van der Waals surface area contributed by atoms with Crippen molar-refractivity contribution in [2.45, 2.75) is 52.0 Å². The summed E-state index contributed by atoms with van der Waals surface area (Å²) in [5, 5.41) is 0. The Morgan fingerprint density at radius 3 is 2.40 bits per heavy atom. The fourth-order valence-electron chi connectivity index (χ4n) is 1.95. The molecule has 6 nitrogen and oxygen atoms in total. The molecule has 114 valence electrons. The summed E-state index contributed by atoms with van der Waals surface area (Å²) >= 11 is 0. The maximum Gasteiger partial charge on any atom is 0.341 e. The summed E-state index contributed by atoms with van der Waals surface area (Å²) < 4.78 is 32.3. The first-order valence-electron chi connectivity index (χ1n) is 6.63. The summed E-state index contributed by atoms with van der Waals surface area (Å²) in [6, 6.07) is -0.204. The van der Waals surface area contributed by atoms with Crippen LogP contribution in [0.25, 0.3) is 0 Å². The van der Waals surface area contributed by atoms with Crippen molar-refractivity contribution in [2.75, 3.05) is 6.61 Å². The third-order valence-electron chi connectivity index (χ3n) is 3.03. The van der Waals surface area contributed by atoms with Crippen LogP contribution in [-0.4, -0.2) is 32.0 Å². The van der Waals surface area contributed by atoms with Gasteiger partial charge in [0.25, 0.3) is 0 Å². The van der Waals surface area contributed by atoms with E-state index in [1.165, 1.54) is 0 Å². The first-order chi connectivity index (χ1) is 9.24. The fraction of sp³-hybridized carbons (Fsp3) is 0.615. The molecule has 1 atom stereocenters. The van der Waals surface area contributed by atoms with Gasteiger partial charge in [-0.2, -0.15) is 0 Å². The molecule has 1 heterocycles. The van der Waals surface area contributed by atoms with Crippen LogP contribution < -0.4 is 4.72 Å². The number of esters is 1. The number of carbonyl (C=O) groups is 1. The molecule has 0 radical (unpaired) electrons. The topological polar surface area (TPSA) is 88.3 Å². The van der Waals surface area contributed by atoms with E-state index >= 15 is 0 Å². The van der Waals surface area contributed by atoms with Gasteiger partial charge in [0.05, 0.1) is 6.61 Å². The Bertz CT molecular complexity index is 590. The number of ether oxygens (including phenoxy) is 1. The van der Waals surface area contributed by atoms with Gasteiger partial charge in [-0.3, -0.25) is 0 Å². The molecule has 0 spiro atoms. The quantitative estimate of drug-likeness (QED) is 0.785. The minimum atomic E-state index is -3.76. The number of H-pyrrole nitrogens is 1. The highest BCUT2D eigenvalue weighted by Gasteiger charge is 2.30. The average Bonchev–Trinajstić information content (AvgIpc) is 2.64. The Morgan fingerprint density at radius 1 is 1.30 bits per heavy atom. The minimum Gasteiger partial charge on any atom is -0.462 e. The van der Waals surface area contributed by atoms with Gasteiger partial charge in [-0.25, -0.2) is 17.9 Å². The minimum absolute atomic E-state index is 0.0197. The van der Waals surface area contributed by atoms with Gasteiger partial charge in [-0.1, -0.05) is 6.92 Å². The van der Waals surface area contributed by atoms with Crippen LogP contribution in [-0.2, 0) is 14.8 Å². The third-order valence-corrected chi connectivity index (χ3v) is 4.80. The highest BCUT2D eigenvalue weighted by molar-refractivity contribution is 7.89. The van der Waals surface area contributed by atoms with Gasteiger partial charge < -0.3 is 9.72 Å². The van der Waals surface area contributed by atoms with Gasteiger partial charge in [-0.05, 0) is 34.1 Å². The Morgan fingerprint density at radius 2 is 1.90 bits per heavy atom. The van der Waals surface area contributed by atoms with E-state index in [9.17, 15) is 13.2 Å². The molecule has 0 amide bonds. The molecule has 2 N–H and O–H groups in total. The van der Waals surface area contributed by atoms with Crippen molar-refractivity contribution < 1.29 is 17.9 Å². The van der Waals surface area contributed by atoms with E-state index in [-0.39, 0.29) is 23.1 Å². The number of carbonyl (C=O) groups excluding carboxylic acids is 1. The second kappa shape index (κ2) is 6.41. The molecule has 1 aromatic rings. The monoisotopic (exact) mass is 302 g/mol. The number of nitrogens with one attached hydrogen (secondary N) is 2. The molecular weight excluding hydrogens is 280 g/mol. The molecule has 0 aliphatic heterocycles. The van der Waals surface area contributed by atoms with Crippen molar-refractivity contribution in [3.8, 4) is 0 Å². The molecule has 0 saturated carbocycles. The molecule has 0 bridgehead atoms. The zero-order valence-corrected chi connectivity index (χ0v) is 13.3. The van der Waals surface area contributed by atoms with Crippen molar-refractivity contribution in [3.05, 3.63) is 17.0 Å². The average molecular weight is 302 g/mol. The van der Waals surface area contributed by atoms with Crippen molar-refractivity contribution in [1.29, 1.82) is 0 Å². The van der Waals surface area contributed by atoms with Crippen LogP contribution in [0.4, 0.5) is 0 Å². The van der Waals surface area contributed by atoms with Crippen LogP contribution in [0.5, 0.6) is 0 Å². The predicted molar refractivity (Wildman–Crippen MR) is 76.3 cm³/mol. The number of aromatic amines is 1. The smallest absolute Gasteiger partial charge is 0.341 e. The summed E-state index contributed by atoms with van der Waals surface area (Å²) in [4.78, 5) is 14.8. The number of rotatable bonds is 6. The lowest BCUT2D eigenvalue weighted by molar-refractivity contribution is 0.0521. The van der Waals surface area contributed by atoms with Crippen LogP contribution in [0.2, 0.25) is 0 Å². The first kappa shape index (κ1) is 16.7. The standard InChI is InChI=1S/C13H22N2O4S/c1-6-8(3)15-20(17,18)12-10(5)14-9(4)11(12)13(16)19-7-2/h8,14-15H,6-7H2,1-5H3/t8-/m0/s1. The first-order valence-corrected chi connectivity index (χ1v) is 8.11. The molecule has 0 aromatic carbocycles. The van der Waals surface area contributed by atoms with E-state index in [1.54, 1.807) is 27.7 Å². The van der Waals surface area contributed by atoms with Gasteiger partial charge in [-0.15, -0.1) is 0 Å². The van der Waals surface area contributed by atoms with E-state index in [0.29, 0.717) is 17.8 Å². The lowest BCUT2D eigenvalue weighted by Gasteiger charge is -2.13. The lowest BCUT2D eigenvalue weighted by atomic mass is 10.2. The lowest BCUT2D eigenvalue weighted by Crippen LogP contribution is -2.33. The van der Waals surface area contributed by atoms with Crippen molar-refractivity contribution in [1.82, 2.24) is 9.71 Å². The van der Waals surface area contributed by atoms with Gasteiger partial charge in [0.1, 0.15) is 10.5 Å². The summed E-state index contributed by atoms with van der Waals surface area (Å²) in [5.74, 6) is -0.626. The molecule has 0 aliphatic rings. The van der Waals surface area contributed by atoms with E-state index in [4.69, 9.17) is 4.74 Å². The maximum absolute atomic E-state index is 12.4.